The Morgan fingerprint density at radius 2 is 1.67 bits per heavy atom. The van der Waals surface area contributed by atoms with E-state index in [0.29, 0.717) is 17.9 Å². The minimum Gasteiger partial charge on any atom is -0.475 e. The van der Waals surface area contributed by atoms with Crippen molar-refractivity contribution in [2.45, 2.75) is 53.2 Å². The van der Waals surface area contributed by atoms with Gasteiger partial charge in [-0.1, -0.05) is 45.7 Å². The van der Waals surface area contributed by atoms with E-state index in [-0.39, 0.29) is 12.2 Å². The van der Waals surface area contributed by atoms with Crippen molar-refractivity contribution in [2.75, 3.05) is 19.7 Å². The molecule has 9 heteroatoms. The summed E-state index contributed by atoms with van der Waals surface area (Å²) in [5.74, 6) is 0.279. The van der Waals surface area contributed by atoms with Crippen LogP contribution in [0.3, 0.4) is 0 Å². The predicted octanol–water partition coefficient (Wildman–Crippen LogP) is 3.45. The predicted molar refractivity (Wildman–Crippen MR) is 103 cm³/mol. The highest BCUT2D eigenvalue weighted by molar-refractivity contribution is 7.79. The molecule has 8 nitrogen and oxygen atoms in total. The number of esters is 1. The average Bonchev–Trinajstić information content (AvgIpc) is 2.58. The number of hydrogen-bond acceptors (Lipinski definition) is 6. The van der Waals surface area contributed by atoms with Gasteiger partial charge < -0.3 is 9.47 Å². The molecule has 0 aliphatic rings. The summed E-state index contributed by atoms with van der Waals surface area (Å²) in [5, 5.41) is 0. The van der Waals surface area contributed by atoms with E-state index in [0.717, 1.165) is 32.4 Å². The summed E-state index contributed by atoms with van der Waals surface area (Å²) >= 11 is 0. The normalized spacial score (nSPS) is 12.1. The largest absolute Gasteiger partial charge is 0.475 e. The molecular weight excluding hydrogens is 374 g/mol. The Hall–Kier alpha value is -1.68. The maximum absolute atomic E-state index is 12.2. The van der Waals surface area contributed by atoms with Gasteiger partial charge in [0.25, 0.3) is 0 Å². The van der Waals surface area contributed by atoms with Crippen LogP contribution in [0.15, 0.2) is 24.3 Å². The van der Waals surface area contributed by atoms with E-state index in [1.54, 1.807) is 6.07 Å². The molecule has 0 spiro atoms. The third-order valence-electron chi connectivity index (χ3n) is 3.71. The topological polar surface area (TPSA) is 113 Å². The van der Waals surface area contributed by atoms with E-state index in [2.05, 4.69) is 25.7 Å². The zero-order valence-corrected chi connectivity index (χ0v) is 17.2. The summed E-state index contributed by atoms with van der Waals surface area (Å²) in [7, 11) is -4.67. The summed E-state index contributed by atoms with van der Waals surface area (Å²) < 4.78 is 42.9. The molecule has 2 N–H and O–H groups in total. The number of unbranched alkanes of at least 4 members (excludes halogenated alkanes) is 2. The van der Waals surface area contributed by atoms with Crippen molar-refractivity contribution in [3.63, 3.8) is 0 Å². The van der Waals surface area contributed by atoms with Gasteiger partial charge in [-0.2, -0.15) is 8.42 Å². The molecule has 0 saturated heterocycles. The van der Waals surface area contributed by atoms with Gasteiger partial charge in [0.15, 0.2) is 0 Å². The maximum Gasteiger partial charge on any atom is 0.394 e. The molecule has 0 saturated carbocycles. The molecule has 0 aromatic heterocycles. The van der Waals surface area contributed by atoms with Gasteiger partial charge in [0.2, 0.25) is 0 Å². The van der Waals surface area contributed by atoms with Crippen LogP contribution >= 0.6 is 0 Å². The van der Waals surface area contributed by atoms with E-state index >= 15 is 0 Å². The molecule has 1 aromatic rings. The van der Waals surface area contributed by atoms with E-state index in [1.165, 1.54) is 0 Å². The minimum absolute atomic E-state index is 0.0796. The minimum atomic E-state index is -4.67. The highest BCUT2D eigenvalue weighted by Crippen LogP contribution is 2.21. The van der Waals surface area contributed by atoms with Crippen LogP contribution in [0.5, 0.6) is 5.75 Å². The molecule has 27 heavy (non-hydrogen) atoms. The number of carbonyl (C=O) groups excluding carboxylic acids is 1. The van der Waals surface area contributed by atoms with Gasteiger partial charge >= 0.3 is 16.4 Å². The van der Waals surface area contributed by atoms with E-state index in [1.807, 2.05) is 25.1 Å². The Morgan fingerprint density at radius 3 is 2.19 bits per heavy atom. The third-order valence-corrected chi connectivity index (χ3v) is 3.71. The molecule has 0 amide bonds. The van der Waals surface area contributed by atoms with Crippen LogP contribution in [0.2, 0.25) is 0 Å². The number of para-hydroxylation sites is 1. The van der Waals surface area contributed by atoms with Crippen LogP contribution in [0, 0.1) is 0 Å². The zero-order valence-electron chi connectivity index (χ0n) is 16.4. The van der Waals surface area contributed by atoms with E-state index in [9.17, 15) is 4.79 Å². The van der Waals surface area contributed by atoms with Crippen molar-refractivity contribution in [3.8, 4) is 5.75 Å². The molecule has 0 heterocycles. The first-order chi connectivity index (χ1) is 12.6. The highest BCUT2D eigenvalue weighted by atomic mass is 32.3. The quantitative estimate of drug-likeness (QED) is 0.263. The third kappa shape index (κ3) is 12.4. The lowest BCUT2D eigenvalue weighted by Gasteiger charge is -2.27. The molecule has 0 aliphatic heterocycles. The second-order valence-electron chi connectivity index (χ2n) is 5.73. The molecule has 0 aliphatic carbocycles. The fourth-order valence-corrected chi connectivity index (χ4v) is 2.33. The first kappa shape index (κ1) is 25.3. The van der Waals surface area contributed by atoms with Crippen molar-refractivity contribution in [3.05, 3.63) is 29.8 Å². The molecule has 0 bridgehead atoms. The smallest absolute Gasteiger partial charge is 0.394 e. The molecular formula is C18H31NO7S. The number of ether oxygens (including phenoxy) is 2. The van der Waals surface area contributed by atoms with Crippen molar-refractivity contribution in [1.29, 1.82) is 0 Å². The van der Waals surface area contributed by atoms with Crippen molar-refractivity contribution in [2.24, 2.45) is 0 Å². The Kier molecular flexibility index (Phi) is 12.6. The molecule has 1 aromatic carbocycles. The molecule has 1 unspecified atom stereocenters. The van der Waals surface area contributed by atoms with Gasteiger partial charge in [0.1, 0.15) is 17.5 Å². The molecule has 1 rings (SSSR count). The lowest BCUT2D eigenvalue weighted by atomic mass is 10.2. The number of nitrogens with zero attached hydrogens (tertiary/aromatic N) is 1. The Bertz CT molecular complexity index is 637. The summed E-state index contributed by atoms with van der Waals surface area (Å²) in [4.78, 5) is 14.4. The summed E-state index contributed by atoms with van der Waals surface area (Å²) in [6, 6.07) is 7.28. The standard InChI is InChI=1S/C18H29NO3.H2O4S/c1-5-8-11-14-21-18(20)16-12-9-10-13-17(16)22-15(4)19(6-2)7-3;1-5(2,3)4/h9-10,12-13,15H,5-8,11,14H2,1-4H3;(H2,1,2,3,4). The van der Waals surface area contributed by atoms with Gasteiger partial charge in [-0.25, -0.2) is 4.79 Å². The fourth-order valence-electron chi connectivity index (χ4n) is 2.33. The molecule has 0 radical (unpaired) electrons. The first-order valence-corrected chi connectivity index (χ1v) is 10.4. The first-order valence-electron chi connectivity index (χ1n) is 9.00. The summed E-state index contributed by atoms with van der Waals surface area (Å²) in [5.41, 5.74) is 0.498. The van der Waals surface area contributed by atoms with E-state index in [4.69, 9.17) is 27.0 Å². The summed E-state index contributed by atoms with van der Waals surface area (Å²) in [6.45, 7) is 10.6. The molecule has 1 atom stereocenters. The second kappa shape index (κ2) is 13.5. The highest BCUT2D eigenvalue weighted by Gasteiger charge is 2.17. The van der Waals surface area contributed by atoms with Crippen molar-refractivity contribution >= 4 is 16.4 Å². The second-order valence-corrected chi connectivity index (χ2v) is 6.62. The van der Waals surface area contributed by atoms with Gasteiger partial charge in [-0.15, -0.1) is 0 Å². The van der Waals surface area contributed by atoms with Crippen LogP contribution in [-0.2, 0) is 15.1 Å². The average molecular weight is 406 g/mol. The van der Waals surface area contributed by atoms with Crippen LogP contribution in [0.4, 0.5) is 0 Å². The zero-order chi connectivity index (χ0) is 20.9. The van der Waals surface area contributed by atoms with E-state index < -0.39 is 10.4 Å². The monoisotopic (exact) mass is 405 g/mol. The van der Waals surface area contributed by atoms with Gasteiger partial charge in [0, 0.05) is 0 Å². The number of benzene rings is 1. The van der Waals surface area contributed by atoms with Gasteiger partial charge in [-0.3, -0.25) is 14.0 Å². The van der Waals surface area contributed by atoms with Crippen LogP contribution < -0.4 is 4.74 Å². The Balaban J connectivity index is 0.00000119. The van der Waals surface area contributed by atoms with Crippen molar-refractivity contribution < 1.29 is 31.8 Å². The number of rotatable bonds is 10. The van der Waals surface area contributed by atoms with Crippen LogP contribution in [0.1, 0.15) is 57.3 Å². The Morgan fingerprint density at radius 1 is 1.11 bits per heavy atom. The SMILES string of the molecule is CCCCCOC(=O)c1ccccc1OC(C)N(CC)CC.O=S(=O)(O)O. The Labute approximate surface area is 162 Å². The number of carbonyl (C=O) groups is 1. The fraction of sp³-hybridized carbons (Fsp3) is 0.611. The van der Waals surface area contributed by atoms with Gasteiger partial charge in [-0.05, 0) is 38.6 Å². The maximum atomic E-state index is 12.2. The molecule has 156 valence electrons. The van der Waals surface area contributed by atoms with Crippen LogP contribution in [0.25, 0.3) is 0 Å². The molecule has 0 fully saturated rings. The van der Waals surface area contributed by atoms with Crippen LogP contribution in [-0.4, -0.2) is 54.3 Å². The lowest BCUT2D eigenvalue weighted by Crippen LogP contribution is -2.37. The lowest BCUT2D eigenvalue weighted by molar-refractivity contribution is 0.0402. The number of hydrogen-bond donors (Lipinski definition) is 2. The van der Waals surface area contributed by atoms with Gasteiger partial charge in [0.05, 0.1) is 6.61 Å². The van der Waals surface area contributed by atoms with Crippen molar-refractivity contribution in [1.82, 2.24) is 4.90 Å². The summed E-state index contributed by atoms with van der Waals surface area (Å²) in [6.07, 6.45) is 3.01.